The fourth-order valence-corrected chi connectivity index (χ4v) is 0.434. The summed E-state index contributed by atoms with van der Waals surface area (Å²) in [5.74, 6) is 0. The summed E-state index contributed by atoms with van der Waals surface area (Å²) in [6.45, 7) is 0.777. The Morgan fingerprint density at radius 1 is 2.00 bits per heavy atom. The van der Waals surface area contributed by atoms with Crippen LogP contribution in [0.2, 0.25) is 0 Å². The average molecular weight is 104 g/mol. The van der Waals surface area contributed by atoms with Crippen molar-refractivity contribution in [2.45, 2.75) is 0 Å². The number of hydrazone groups is 1. The van der Waals surface area contributed by atoms with Crippen LogP contribution in [0.3, 0.4) is 0 Å². The van der Waals surface area contributed by atoms with Crippen LogP contribution in [0.25, 0.3) is 0 Å². The zero-order chi connectivity index (χ0) is 4.41. The molecule has 33 valence electrons. The first-order valence-electron chi connectivity index (χ1n) is 1.69. The van der Waals surface area contributed by atoms with Gasteiger partial charge in [-0.25, -0.2) is 0 Å². The van der Waals surface area contributed by atoms with Crippen molar-refractivity contribution in [2.75, 3.05) is 6.54 Å². The van der Waals surface area contributed by atoms with Crippen molar-refractivity contribution in [1.82, 2.24) is 5.43 Å². The minimum absolute atomic E-state index is 0.565. The lowest BCUT2D eigenvalue weighted by atomic mass is 10.5. The van der Waals surface area contributed by atoms with Gasteiger partial charge in [-0.2, -0.15) is 5.10 Å². The summed E-state index contributed by atoms with van der Waals surface area (Å²) in [6, 6.07) is 0. The van der Waals surface area contributed by atoms with E-state index >= 15 is 0 Å². The number of hydrogen-bond acceptors (Lipinski definition) is 2. The predicted octanol–water partition coefficient (Wildman–Crippen LogP) is 0.346. The van der Waals surface area contributed by atoms with Gasteiger partial charge in [-0.3, -0.25) is 0 Å². The third-order valence-corrected chi connectivity index (χ3v) is 0.786. The molecule has 1 rings (SSSR count). The Morgan fingerprint density at radius 3 is 3.00 bits per heavy atom. The normalized spacial score (nSPS) is 19.8. The smallest absolute Gasteiger partial charge is 0.131 e. The highest BCUT2D eigenvalue weighted by Crippen LogP contribution is 1.93. The van der Waals surface area contributed by atoms with Gasteiger partial charge in [0.2, 0.25) is 0 Å². The summed E-state index contributed by atoms with van der Waals surface area (Å²) in [5, 5.41) is 4.18. The Bertz CT molecular complexity index is 78.9. The second-order valence-electron chi connectivity index (χ2n) is 1.00. The maximum atomic E-state index is 5.34. The van der Waals surface area contributed by atoms with Gasteiger partial charge in [0.15, 0.2) is 0 Å². The minimum Gasteiger partial charge on any atom is -0.308 e. The van der Waals surface area contributed by atoms with Crippen LogP contribution in [0.15, 0.2) is 5.10 Å². The molecule has 1 radical (unpaired) electrons. The van der Waals surface area contributed by atoms with E-state index in [2.05, 4.69) is 10.5 Å². The van der Waals surface area contributed by atoms with Crippen LogP contribution in [0, 0.1) is 6.42 Å². The van der Waals surface area contributed by atoms with Crippen LogP contribution in [-0.4, -0.2) is 11.7 Å². The molecule has 0 amide bonds. The molecule has 0 aliphatic carbocycles. The van der Waals surface area contributed by atoms with E-state index < -0.39 is 0 Å². The summed E-state index contributed by atoms with van der Waals surface area (Å²) < 4.78 is 0. The van der Waals surface area contributed by atoms with Crippen molar-refractivity contribution < 1.29 is 0 Å². The molecule has 0 aromatic rings. The van der Waals surface area contributed by atoms with Gasteiger partial charge in [-0.15, -0.1) is 0 Å². The molecule has 6 heavy (non-hydrogen) atoms. The molecule has 0 atom stereocenters. The number of nitrogens with one attached hydrogen (secondary N) is 1. The minimum atomic E-state index is 0.565. The largest absolute Gasteiger partial charge is 0.308 e. The molecule has 1 N–H and O–H groups in total. The summed E-state index contributed by atoms with van der Waals surface area (Å²) in [5.41, 5.74) is 2.67. The molecule has 0 unspecified atom stereocenters. The quantitative estimate of drug-likeness (QED) is 0.470. The number of rotatable bonds is 0. The van der Waals surface area contributed by atoms with Gasteiger partial charge in [0.1, 0.15) is 5.17 Å². The lowest BCUT2D eigenvalue weighted by Crippen LogP contribution is -1.97. The molecule has 1 heterocycles. The summed E-state index contributed by atoms with van der Waals surface area (Å²) in [4.78, 5) is 0. The molecule has 2 nitrogen and oxygen atoms in total. The van der Waals surface area contributed by atoms with E-state index in [0.717, 1.165) is 6.54 Å². The van der Waals surface area contributed by atoms with Crippen LogP contribution < -0.4 is 5.43 Å². The number of hydrogen-bond donors (Lipinski definition) is 1. The zero-order valence-electron chi connectivity index (χ0n) is 3.11. The van der Waals surface area contributed by atoms with E-state index in [0.29, 0.717) is 5.17 Å². The van der Waals surface area contributed by atoms with Crippen molar-refractivity contribution in [3.05, 3.63) is 6.42 Å². The van der Waals surface area contributed by atoms with Gasteiger partial charge in [-0.1, -0.05) is 11.6 Å². The average Bonchev–Trinajstić information content (AvgIpc) is 1.86. The monoisotopic (exact) mass is 103 g/mol. The first-order chi connectivity index (χ1) is 2.89. The summed E-state index contributed by atoms with van der Waals surface area (Å²) in [6.07, 6.45) is 1.81. The summed E-state index contributed by atoms with van der Waals surface area (Å²) >= 11 is 5.34. The molecule has 0 aromatic heterocycles. The van der Waals surface area contributed by atoms with Crippen molar-refractivity contribution in [1.29, 1.82) is 0 Å². The summed E-state index contributed by atoms with van der Waals surface area (Å²) in [7, 11) is 0. The van der Waals surface area contributed by atoms with Crippen LogP contribution in [0.1, 0.15) is 0 Å². The van der Waals surface area contributed by atoms with Crippen molar-refractivity contribution in [2.24, 2.45) is 5.10 Å². The lowest BCUT2D eigenvalue weighted by molar-refractivity contribution is 0.854. The Hall–Kier alpha value is -0.240. The highest BCUT2D eigenvalue weighted by atomic mass is 35.5. The standard InChI is InChI=1S/C3H4ClN2/c4-3-1-2-5-6-3/h1,5H,2H2. The van der Waals surface area contributed by atoms with E-state index in [1.807, 2.05) is 6.42 Å². The molecular formula is C3H4ClN2. The molecule has 1 aliphatic rings. The van der Waals surface area contributed by atoms with Crippen molar-refractivity contribution in [3.8, 4) is 0 Å². The fourth-order valence-electron chi connectivity index (χ4n) is 0.297. The number of halogens is 1. The van der Waals surface area contributed by atoms with Crippen molar-refractivity contribution >= 4 is 16.8 Å². The molecule has 0 fully saturated rings. The van der Waals surface area contributed by atoms with Crippen LogP contribution in [0.5, 0.6) is 0 Å². The molecule has 0 saturated carbocycles. The van der Waals surface area contributed by atoms with Gasteiger partial charge in [-0.05, 0) is 0 Å². The zero-order valence-corrected chi connectivity index (χ0v) is 3.87. The third kappa shape index (κ3) is 0.627. The van der Waals surface area contributed by atoms with Gasteiger partial charge >= 0.3 is 0 Å². The maximum absolute atomic E-state index is 5.34. The Morgan fingerprint density at radius 2 is 2.83 bits per heavy atom. The SMILES string of the molecule is ClC1=NNC[CH]1. The molecular weight excluding hydrogens is 99.5 g/mol. The second kappa shape index (κ2) is 1.47. The van der Waals surface area contributed by atoms with Crippen LogP contribution >= 0.6 is 11.6 Å². The topological polar surface area (TPSA) is 24.4 Å². The maximum Gasteiger partial charge on any atom is 0.131 e. The van der Waals surface area contributed by atoms with Crippen LogP contribution in [-0.2, 0) is 0 Å². The van der Waals surface area contributed by atoms with Gasteiger partial charge in [0.05, 0.1) is 0 Å². The number of nitrogens with zero attached hydrogens (tertiary/aromatic N) is 1. The highest BCUT2D eigenvalue weighted by molar-refractivity contribution is 6.67. The van der Waals surface area contributed by atoms with Crippen LogP contribution in [0.4, 0.5) is 0 Å². The highest BCUT2D eigenvalue weighted by Gasteiger charge is 1.98. The molecule has 3 heteroatoms. The Kier molecular flexibility index (Phi) is 0.965. The van der Waals surface area contributed by atoms with E-state index in [1.54, 1.807) is 0 Å². The molecule has 0 spiro atoms. The molecule has 0 bridgehead atoms. The Labute approximate surface area is 41.2 Å². The first-order valence-corrected chi connectivity index (χ1v) is 2.06. The fraction of sp³-hybridized carbons (Fsp3) is 0.333. The van der Waals surface area contributed by atoms with Crippen molar-refractivity contribution in [3.63, 3.8) is 0 Å². The molecule has 1 aliphatic heterocycles. The second-order valence-corrected chi connectivity index (χ2v) is 1.39. The third-order valence-electron chi connectivity index (χ3n) is 0.548. The lowest BCUT2D eigenvalue weighted by Gasteiger charge is -1.75. The van der Waals surface area contributed by atoms with E-state index in [4.69, 9.17) is 11.6 Å². The molecule has 0 saturated heterocycles. The first kappa shape index (κ1) is 3.93. The van der Waals surface area contributed by atoms with Gasteiger partial charge in [0.25, 0.3) is 0 Å². The van der Waals surface area contributed by atoms with E-state index in [9.17, 15) is 0 Å². The van der Waals surface area contributed by atoms with E-state index in [1.165, 1.54) is 0 Å². The Balaban J connectivity index is 2.45. The predicted molar refractivity (Wildman–Crippen MR) is 25.6 cm³/mol. The van der Waals surface area contributed by atoms with E-state index in [-0.39, 0.29) is 0 Å². The van der Waals surface area contributed by atoms with Gasteiger partial charge in [0, 0.05) is 13.0 Å². The van der Waals surface area contributed by atoms with Gasteiger partial charge < -0.3 is 5.43 Å². The molecule has 0 aromatic carbocycles.